The Balaban J connectivity index is 0. The molecule has 1 nitrogen and oxygen atoms in total. The van der Waals surface area contributed by atoms with Crippen LogP contribution in [0.5, 0.6) is 0 Å². The largest absolute Gasteiger partial charge is 1.00 e. The maximum atomic E-state index is 3.41. The third kappa shape index (κ3) is 6.81. The fraction of sp³-hybridized carbons (Fsp3) is 1.00. The van der Waals surface area contributed by atoms with Gasteiger partial charge in [0.05, 0.1) is 32.5 Å². The van der Waals surface area contributed by atoms with Crippen LogP contribution >= 0.6 is 15.9 Å². The molecule has 0 saturated heterocycles. The van der Waals surface area contributed by atoms with Gasteiger partial charge in [-0.05, 0) is 6.92 Å². The molecule has 0 spiro atoms. The van der Waals surface area contributed by atoms with Crippen LogP contribution < -0.4 is 17.0 Å². The lowest BCUT2D eigenvalue weighted by molar-refractivity contribution is -0.885. The summed E-state index contributed by atoms with van der Waals surface area (Å²) in [6, 6.07) is 0. The number of rotatable bonds is 3. The van der Waals surface area contributed by atoms with Crippen molar-refractivity contribution in [2.75, 3.05) is 32.5 Å². The molecular weight excluding hydrogens is 246 g/mol. The number of quaternary nitrogens is 1. The lowest BCUT2D eigenvalue weighted by Gasteiger charge is -2.26. The van der Waals surface area contributed by atoms with Crippen molar-refractivity contribution in [3.8, 4) is 0 Å². The average Bonchev–Trinajstić information content (AvgIpc) is 1.67. The van der Waals surface area contributed by atoms with E-state index < -0.39 is 0 Å². The lowest BCUT2D eigenvalue weighted by Crippen LogP contribution is -3.00. The summed E-state index contributed by atoms with van der Waals surface area (Å²) in [6.45, 7) is 4.64. The van der Waals surface area contributed by atoms with Gasteiger partial charge in [-0.25, -0.2) is 0 Å². The number of hydrogen-bond donors (Lipinski definition) is 0. The fourth-order valence-corrected chi connectivity index (χ4v) is 1.35. The van der Waals surface area contributed by atoms with Crippen molar-refractivity contribution in [1.82, 2.24) is 0 Å². The Morgan fingerprint density at radius 2 is 1.78 bits per heavy atom. The number of hydrogen-bond acceptors (Lipinski definition) is 0. The van der Waals surface area contributed by atoms with E-state index in [4.69, 9.17) is 0 Å². The maximum absolute atomic E-state index is 3.41. The van der Waals surface area contributed by atoms with Gasteiger partial charge in [-0.1, -0.05) is 15.9 Å². The molecule has 0 aliphatic rings. The standard InChI is InChI=1S/C6H15BrN.BrH/c1-4-8(2,3)6-5-7;/h4-6H2,1-3H3;1H/q+1;/p-1. The first-order valence-corrected chi connectivity index (χ1v) is 4.12. The Hall–Kier alpha value is 0.920. The topological polar surface area (TPSA) is 0 Å². The Labute approximate surface area is 76.9 Å². The minimum Gasteiger partial charge on any atom is -1.00 e. The minimum atomic E-state index is 0. The van der Waals surface area contributed by atoms with Crippen LogP contribution in [-0.4, -0.2) is 37.0 Å². The van der Waals surface area contributed by atoms with Crippen LogP contribution in [0.15, 0.2) is 0 Å². The molecule has 9 heavy (non-hydrogen) atoms. The minimum absolute atomic E-state index is 0. The summed E-state index contributed by atoms with van der Waals surface area (Å²) in [5.74, 6) is 0. The molecule has 0 aromatic carbocycles. The Morgan fingerprint density at radius 3 is 1.89 bits per heavy atom. The normalized spacial score (nSPS) is 10.7. The van der Waals surface area contributed by atoms with Crippen LogP contribution in [0.2, 0.25) is 0 Å². The molecule has 0 aromatic heterocycles. The molecule has 0 bridgehead atoms. The van der Waals surface area contributed by atoms with Crippen molar-refractivity contribution >= 4 is 15.9 Å². The fourth-order valence-electron chi connectivity index (χ4n) is 0.387. The van der Waals surface area contributed by atoms with Gasteiger partial charge in [0.25, 0.3) is 0 Å². The summed E-state index contributed by atoms with van der Waals surface area (Å²) in [6.07, 6.45) is 0. The molecule has 0 aliphatic heterocycles. The van der Waals surface area contributed by atoms with Gasteiger partial charge < -0.3 is 21.5 Å². The van der Waals surface area contributed by atoms with Gasteiger partial charge >= 0.3 is 0 Å². The summed E-state index contributed by atoms with van der Waals surface area (Å²) in [7, 11) is 4.47. The van der Waals surface area contributed by atoms with Gasteiger partial charge in [0.15, 0.2) is 0 Å². The van der Waals surface area contributed by atoms with Crippen LogP contribution in [0.3, 0.4) is 0 Å². The highest BCUT2D eigenvalue weighted by atomic mass is 79.9. The number of halogens is 2. The second-order valence-electron chi connectivity index (χ2n) is 2.66. The number of nitrogens with zero attached hydrogens (tertiary/aromatic N) is 1. The van der Waals surface area contributed by atoms with Gasteiger partial charge in [-0.2, -0.15) is 0 Å². The molecule has 3 heteroatoms. The zero-order valence-electron chi connectivity index (χ0n) is 6.32. The summed E-state index contributed by atoms with van der Waals surface area (Å²) in [4.78, 5) is 0. The summed E-state index contributed by atoms with van der Waals surface area (Å²) in [5, 5.41) is 1.10. The smallest absolute Gasteiger partial charge is 0.0880 e. The Kier molecular flexibility index (Phi) is 7.95. The first kappa shape index (κ1) is 12.6. The lowest BCUT2D eigenvalue weighted by atomic mass is 10.5. The summed E-state index contributed by atoms with van der Waals surface area (Å²) in [5.41, 5.74) is 0. The van der Waals surface area contributed by atoms with Crippen molar-refractivity contribution in [1.29, 1.82) is 0 Å². The summed E-state index contributed by atoms with van der Waals surface area (Å²) >= 11 is 3.41. The van der Waals surface area contributed by atoms with Crippen molar-refractivity contribution in [3.05, 3.63) is 0 Å². The molecule has 0 atom stereocenters. The molecule has 0 heterocycles. The maximum Gasteiger partial charge on any atom is 0.0880 e. The predicted octanol–water partition coefficient (Wildman–Crippen LogP) is -1.52. The van der Waals surface area contributed by atoms with E-state index >= 15 is 0 Å². The third-order valence-electron chi connectivity index (χ3n) is 1.55. The number of alkyl halides is 1. The van der Waals surface area contributed by atoms with Gasteiger partial charge in [0, 0.05) is 0 Å². The van der Waals surface area contributed by atoms with Gasteiger partial charge in [-0.3, -0.25) is 0 Å². The molecule has 58 valence electrons. The Bertz CT molecular complexity index is 64.1. The highest BCUT2D eigenvalue weighted by Crippen LogP contribution is 1.96. The van der Waals surface area contributed by atoms with E-state index in [1.54, 1.807) is 0 Å². The third-order valence-corrected chi connectivity index (χ3v) is 1.90. The van der Waals surface area contributed by atoms with E-state index in [1.807, 2.05) is 0 Å². The van der Waals surface area contributed by atoms with Crippen molar-refractivity contribution in [3.63, 3.8) is 0 Å². The van der Waals surface area contributed by atoms with E-state index in [-0.39, 0.29) is 17.0 Å². The van der Waals surface area contributed by atoms with E-state index in [0.717, 1.165) is 9.81 Å². The Morgan fingerprint density at radius 1 is 1.33 bits per heavy atom. The van der Waals surface area contributed by atoms with Crippen LogP contribution in [-0.2, 0) is 0 Å². The molecule has 0 unspecified atom stereocenters. The molecule has 0 amide bonds. The van der Waals surface area contributed by atoms with Crippen LogP contribution in [0, 0.1) is 0 Å². The first-order chi connectivity index (χ1) is 3.62. The van der Waals surface area contributed by atoms with Gasteiger partial charge in [0.2, 0.25) is 0 Å². The van der Waals surface area contributed by atoms with E-state index in [1.165, 1.54) is 13.1 Å². The molecule has 0 aliphatic carbocycles. The highest BCUT2D eigenvalue weighted by Gasteiger charge is 2.08. The quantitative estimate of drug-likeness (QED) is 0.427. The van der Waals surface area contributed by atoms with Gasteiger partial charge in [-0.15, -0.1) is 0 Å². The van der Waals surface area contributed by atoms with Gasteiger partial charge in [0.1, 0.15) is 0 Å². The first-order valence-electron chi connectivity index (χ1n) is 3.00. The SMILES string of the molecule is CC[N+](C)(C)CCBr.[Br-]. The molecular formula is C6H15Br2N. The molecule has 0 saturated carbocycles. The van der Waals surface area contributed by atoms with E-state index in [0.29, 0.717) is 0 Å². The van der Waals surface area contributed by atoms with Crippen LogP contribution in [0.25, 0.3) is 0 Å². The van der Waals surface area contributed by atoms with E-state index in [9.17, 15) is 0 Å². The van der Waals surface area contributed by atoms with Crippen LogP contribution in [0.1, 0.15) is 6.92 Å². The molecule has 0 radical (unpaired) electrons. The molecule has 0 aromatic rings. The van der Waals surface area contributed by atoms with Crippen molar-refractivity contribution in [2.45, 2.75) is 6.92 Å². The molecule has 0 fully saturated rings. The monoisotopic (exact) mass is 259 g/mol. The zero-order chi connectivity index (χ0) is 6.62. The summed E-state index contributed by atoms with van der Waals surface area (Å²) < 4.78 is 1.12. The molecule has 0 rings (SSSR count). The van der Waals surface area contributed by atoms with Crippen molar-refractivity contribution < 1.29 is 21.5 Å². The van der Waals surface area contributed by atoms with Crippen LogP contribution in [0.4, 0.5) is 0 Å². The molecule has 0 N–H and O–H groups in total. The second-order valence-corrected chi connectivity index (χ2v) is 3.46. The van der Waals surface area contributed by atoms with E-state index in [2.05, 4.69) is 36.9 Å². The highest BCUT2D eigenvalue weighted by molar-refractivity contribution is 9.09. The zero-order valence-corrected chi connectivity index (χ0v) is 9.50. The average molecular weight is 261 g/mol. The second kappa shape index (κ2) is 5.69. The predicted molar refractivity (Wildman–Crippen MR) is 41.3 cm³/mol. The van der Waals surface area contributed by atoms with Crippen molar-refractivity contribution in [2.24, 2.45) is 0 Å².